The average Bonchev–Trinajstić information content (AvgIpc) is 3.67. The van der Waals surface area contributed by atoms with E-state index in [9.17, 15) is 22.8 Å². The van der Waals surface area contributed by atoms with E-state index in [4.69, 9.17) is 4.42 Å². The number of furan rings is 1. The first-order valence-electron chi connectivity index (χ1n) is 11.3. The van der Waals surface area contributed by atoms with Gasteiger partial charge < -0.3 is 15.1 Å². The molecule has 14 heteroatoms. The first-order chi connectivity index (χ1) is 18.1. The van der Waals surface area contributed by atoms with E-state index >= 15 is 0 Å². The van der Waals surface area contributed by atoms with Crippen LogP contribution < -0.4 is 10.6 Å². The van der Waals surface area contributed by atoms with Gasteiger partial charge in [0.05, 0.1) is 29.1 Å². The normalized spacial score (nSPS) is 11.7. The number of alkyl halides is 3. The average molecular weight is 544 g/mol. The second-order valence-electron chi connectivity index (χ2n) is 8.22. The molecule has 38 heavy (non-hydrogen) atoms. The first-order valence-corrected chi connectivity index (χ1v) is 12.2. The summed E-state index contributed by atoms with van der Waals surface area (Å²) in [5.41, 5.74) is -1.43. The Labute approximate surface area is 217 Å². The number of thiophene rings is 1. The van der Waals surface area contributed by atoms with Crippen molar-refractivity contribution in [3.05, 3.63) is 76.6 Å². The van der Waals surface area contributed by atoms with Crippen LogP contribution in [-0.2, 0) is 26.2 Å². The Kier molecular flexibility index (Phi) is 6.48. The zero-order valence-corrected chi connectivity index (χ0v) is 20.9. The van der Waals surface area contributed by atoms with Crippen molar-refractivity contribution in [2.45, 2.75) is 26.1 Å². The van der Waals surface area contributed by atoms with Crippen LogP contribution in [0.3, 0.4) is 0 Å². The molecule has 0 fully saturated rings. The fourth-order valence-corrected chi connectivity index (χ4v) is 4.63. The minimum absolute atomic E-state index is 0.0573. The number of aryl methyl sites for hydroxylation is 2. The number of carbonyl (C=O) groups excluding carboxylic acids is 2. The van der Waals surface area contributed by atoms with Gasteiger partial charge in [0.2, 0.25) is 0 Å². The van der Waals surface area contributed by atoms with Crippen molar-refractivity contribution < 1.29 is 27.2 Å². The monoisotopic (exact) mass is 543 g/mol. The molecule has 10 nitrogen and oxygen atoms in total. The van der Waals surface area contributed by atoms with Gasteiger partial charge >= 0.3 is 6.18 Å². The lowest BCUT2D eigenvalue weighted by atomic mass is 10.2. The molecule has 0 radical (unpaired) electrons. The lowest BCUT2D eigenvalue weighted by molar-refractivity contribution is -0.142. The summed E-state index contributed by atoms with van der Waals surface area (Å²) in [4.78, 5) is 31.5. The van der Waals surface area contributed by atoms with Gasteiger partial charge in [0.1, 0.15) is 5.76 Å². The molecule has 0 aliphatic carbocycles. The van der Waals surface area contributed by atoms with Crippen molar-refractivity contribution in [1.82, 2.24) is 29.7 Å². The summed E-state index contributed by atoms with van der Waals surface area (Å²) in [5, 5.41) is 13.1. The molecule has 5 heterocycles. The minimum Gasteiger partial charge on any atom is -0.467 e. The Balaban J connectivity index is 1.44. The Morgan fingerprint density at radius 1 is 1.13 bits per heavy atom. The molecule has 0 saturated heterocycles. The molecule has 0 atom stereocenters. The third-order valence-electron chi connectivity index (χ3n) is 5.51. The summed E-state index contributed by atoms with van der Waals surface area (Å²) in [6.45, 7) is 2.05. The second kappa shape index (κ2) is 9.78. The Morgan fingerprint density at radius 3 is 2.63 bits per heavy atom. The molecule has 2 N–H and O–H groups in total. The Morgan fingerprint density at radius 2 is 1.95 bits per heavy atom. The van der Waals surface area contributed by atoms with Gasteiger partial charge in [-0.2, -0.15) is 23.4 Å². The minimum atomic E-state index is -4.75. The molecule has 5 rings (SSSR count). The van der Waals surface area contributed by atoms with Crippen LogP contribution in [-0.4, -0.2) is 36.2 Å². The highest BCUT2D eigenvalue weighted by Gasteiger charge is 2.36. The van der Waals surface area contributed by atoms with Gasteiger partial charge in [-0.15, -0.1) is 11.3 Å². The van der Waals surface area contributed by atoms with Crippen LogP contribution in [0.4, 0.5) is 18.9 Å². The number of rotatable bonds is 7. The number of carbonyl (C=O) groups is 2. The van der Waals surface area contributed by atoms with Crippen molar-refractivity contribution in [3.8, 4) is 10.6 Å². The molecule has 196 valence electrons. The Hall–Kier alpha value is -4.46. The van der Waals surface area contributed by atoms with Gasteiger partial charge in [-0.05, 0) is 36.8 Å². The molecular weight excluding hydrogens is 523 g/mol. The van der Waals surface area contributed by atoms with E-state index in [0.717, 1.165) is 23.4 Å². The number of amides is 2. The van der Waals surface area contributed by atoms with Crippen LogP contribution in [0.1, 0.15) is 44.2 Å². The SMILES string of the molecule is CCc1ccc(-c2cc(C(F)(F)F)n3nc(C(=O)Nc4cn(C)nc4C(=O)NCc4ccco4)cc3n2)s1. The van der Waals surface area contributed by atoms with E-state index in [2.05, 4.69) is 25.8 Å². The molecule has 5 aromatic rings. The van der Waals surface area contributed by atoms with Gasteiger partial charge in [0.25, 0.3) is 11.8 Å². The number of hydrogen-bond acceptors (Lipinski definition) is 7. The van der Waals surface area contributed by atoms with Crippen LogP contribution in [0.25, 0.3) is 16.2 Å². The molecule has 2 amide bonds. The highest BCUT2D eigenvalue weighted by Crippen LogP contribution is 2.34. The highest BCUT2D eigenvalue weighted by molar-refractivity contribution is 7.15. The van der Waals surface area contributed by atoms with Crippen molar-refractivity contribution in [2.24, 2.45) is 7.05 Å². The fourth-order valence-electron chi connectivity index (χ4n) is 3.72. The first kappa shape index (κ1) is 25.2. The molecule has 0 saturated carbocycles. The number of anilines is 1. The largest absolute Gasteiger partial charge is 0.467 e. The van der Waals surface area contributed by atoms with Crippen molar-refractivity contribution in [3.63, 3.8) is 0 Å². The van der Waals surface area contributed by atoms with Gasteiger partial charge in [-0.3, -0.25) is 14.3 Å². The molecule has 0 aromatic carbocycles. The number of hydrogen-bond donors (Lipinski definition) is 2. The predicted molar refractivity (Wildman–Crippen MR) is 132 cm³/mol. The fraction of sp³-hybridized carbons (Fsp3) is 0.208. The second-order valence-corrected chi connectivity index (χ2v) is 9.39. The van der Waals surface area contributed by atoms with Crippen molar-refractivity contribution >= 4 is 34.5 Å². The van der Waals surface area contributed by atoms with Gasteiger partial charge in [0, 0.05) is 24.2 Å². The van der Waals surface area contributed by atoms with E-state index in [0.29, 0.717) is 15.2 Å². The number of nitrogens with one attached hydrogen (secondary N) is 2. The predicted octanol–water partition coefficient (Wildman–Crippen LogP) is 4.55. The summed E-state index contributed by atoms with van der Waals surface area (Å²) in [6, 6.07) is 8.98. The standard InChI is InChI=1S/C24H20F3N7O3S/c1-3-14-6-7-18(38-14)15-9-19(24(25,26)27)34-20(29-15)10-16(31-34)22(35)30-17-12-33(2)32-21(17)23(36)28-11-13-5-4-8-37-13/h4-10,12H,3,11H2,1-2H3,(H,28,36)(H,30,35). The Bertz CT molecular complexity index is 1630. The maximum absolute atomic E-state index is 13.9. The van der Waals surface area contributed by atoms with Crippen LogP contribution in [0.15, 0.2) is 53.3 Å². The summed E-state index contributed by atoms with van der Waals surface area (Å²) in [7, 11) is 1.56. The molecule has 0 aliphatic heterocycles. The van der Waals surface area contributed by atoms with Crippen LogP contribution in [0.2, 0.25) is 0 Å². The third kappa shape index (κ3) is 5.02. The lowest BCUT2D eigenvalue weighted by Gasteiger charge is -2.10. The molecule has 0 unspecified atom stereocenters. The molecule has 0 bridgehead atoms. The zero-order chi connectivity index (χ0) is 27.0. The van der Waals surface area contributed by atoms with Crippen LogP contribution in [0.5, 0.6) is 0 Å². The molecule has 5 aromatic heterocycles. The van der Waals surface area contributed by atoms with Crippen molar-refractivity contribution in [1.29, 1.82) is 0 Å². The highest BCUT2D eigenvalue weighted by atomic mass is 32.1. The number of nitrogens with zero attached hydrogens (tertiary/aromatic N) is 5. The maximum Gasteiger partial charge on any atom is 0.433 e. The van der Waals surface area contributed by atoms with Crippen molar-refractivity contribution in [2.75, 3.05) is 5.32 Å². The number of aromatic nitrogens is 5. The molecule has 0 spiro atoms. The topological polar surface area (TPSA) is 119 Å². The quantitative estimate of drug-likeness (QED) is 0.311. The number of halogens is 3. The number of fused-ring (bicyclic) bond motifs is 1. The summed E-state index contributed by atoms with van der Waals surface area (Å²) >= 11 is 1.35. The van der Waals surface area contributed by atoms with Gasteiger partial charge in [-0.1, -0.05) is 6.92 Å². The van der Waals surface area contributed by atoms with Gasteiger partial charge in [0.15, 0.2) is 22.7 Å². The zero-order valence-electron chi connectivity index (χ0n) is 20.0. The third-order valence-corrected chi connectivity index (χ3v) is 6.76. The van der Waals surface area contributed by atoms with E-state index in [1.54, 1.807) is 25.2 Å². The van der Waals surface area contributed by atoms with Crippen LogP contribution >= 0.6 is 11.3 Å². The smallest absolute Gasteiger partial charge is 0.433 e. The summed E-state index contributed by atoms with van der Waals surface area (Å²) in [6.07, 6.45) is -1.14. The van der Waals surface area contributed by atoms with Gasteiger partial charge in [-0.25, -0.2) is 9.50 Å². The van der Waals surface area contributed by atoms with E-state index in [1.165, 1.54) is 28.5 Å². The maximum atomic E-state index is 13.9. The lowest BCUT2D eigenvalue weighted by Crippen LogP contribution is -2.25. The van der Waals surface area contributed by atoms with Crippen LogP contribution in [0, 0.1) is 0 Å². The van der Waals surface area contributed by atoms with E-state index in [1.807, 2.05) is 13.0 Å². The molecular formula is C24H20F3N7O3S. The summed E-state index contributed by atoms with van der Waals surface area (Å²) in [5.74, 6) is -0.895. The summed E-state index contributed by atoms with van der Waals surface area (Å²) < 4.78 is 48.8. The van der Waals surface area contributed by atoms with E-state index < -0.39 is 23.7 Å². The van der Waals surface area contributed by atoms with E-state index in [-0.39, 0.29) is 35.0 Å². The molecule has 0 aliphatic rings.